The maximum absolute atomic E-state index is 6.20. The molecular formula is C13H21N3. The zero-order chi connectivity index (χ0) is 11.5. The van der Waals surface area contributed by atoms with Crippen LogP contribution in [0.4, 0.5) is 5.69 Å². The number of nitrogens with zero attached hydrogens (tertiary/aromatic N) is 1. The van der Waals surface area contributed by atoms with Crippen LogP contribution in [0, 0.1) is 0 Å². The molecule has 1 aliphatic rings. The van der Waals surface area contributed by atoms with E-state index in [2.05, 4.69) is 24.0 Å². The fraction of sp³-hybridized carbons (Fsp3) is 0.538. The molecule has 3 nitrogen and oxygen atoms in total. The summed E-state index contributed by atoms with van der Waals surface area (Å²) in [5.74, 6) is 0. The van der Waals surface area contributed by atoms with Gasteiger partial charge in [-0.15, -0.1) is 0 Å². The number of nitrogen functional groups attached to an aromatic ring is 1. The summed E-state index contributed by atoms with van der Waals surface area (Å²) in [6.07, 6.45) is 2.27. The van der Waals surface area contributed by atoms with E-state index in [1.807, 2.05) is 12.1 Å². The standard InChI is InChI=1S/C13H21N3/c1-2-8-16-9-7-12(15)13(16)10-3-5-11(14)6-4-10/h3-6,12-13H,2,7-9,14-15H2,1H3/t12-,13+/m1/s1. The Morgan fingerprint density at radius 3 is 2.62 bits per heavy atom. The topological polar surface area (TPSA) is 55.3 Å². The molecule has 0 aliphatic carbocycles. The summed E-state index contributed by atoms with van der Waals surface area (Å²) in [4.78, 5) is 2.48. The summed E-state index contributed by atoms with van der Waals surface area (Å²) >= 11 is 0. The number of anilines is 1. The average molecular weight is 219 g/mol. The number of hydrogen-bond donors (Lipinski definition) is 2. The second kappa shape index (κ2) is 4.85. The first-order valence-electron chi connectivity index (χ1n) is 6.07. The highest BCUT2D eigenvalue weighted by molar-refractivity contribution is 5.40. The SMILES string of the molecule is CCCN1CC[C@@H](N)[C@@H]1c1ccc(N)cc1. The lowest BCUT2D eigenvalue weighted by atomic mass is 10.0. The molecule has 3 heteroatoms. The van der Waals surface area contributed by atoms with Gasteiger partial charge in [-0.3, -0.25) is 4.90 Å². The van der Waals surface area contributed by atoms with Gasteiger partial charge in [-0.1, -0.05) is 19.1 Å². The minimum absolute atomic E-state index is 0.259. The van der Waals surface area contributed by atoms with Crippen LogP contribution in [0.15, 0.2) is 24.3 Å². The molecule has 0 unspecified atom stereocenters. The van der Waals surface area contributed by atoms with Crippen molar-refractivity contribution >= 4 is 5.69 Å². The fourth-order valence-electron chi connectivity index (χ4n) is 2.57. The van der Waals surface area contributed by atoms with E-state index in [0.717, 1.165) is 25.2 Å². The largest absolute Gasteiger partial charge is 0.399 e. The Morgan fingerprint density at radius 1 is 1.31 bits per heavy atom. The molecule has 0 radical (unpaired) electrons. The fourth-order valence-corrected chi connectivity index (χ4v) is 2.57. The molecule has 1 fully saturated rings. The van der Waals surface area contributed by atoms with E-state index in [1.54, 1.807) is 0 Å². The van der Waals surface area contributed by atoms with Crippen LogP contribution in [0.3, 0.4) is 0 Å². The molecular weight excluding hydrogens is 198 g/mol. The van der Waals surface area contributed by atoms with E-state index in [9.17, 15) is 0 Å². The zero-order valence-corrected chi connectivity index (χ0v) is 9.89. The first-order chi connectivity index (χ1) is 7.72. The highest BCUT2D eigenvalue weighted by Gasteiger charge is 2.31. The Labute approximate surface area is 97.4 Å². The van der Waals surface area contributed by atoms with Crippen LogP contribution in [0.25, 0.3) is 0 Å². The van der Waals surface area contributed by atoms with Crippen LogP contribution in [0.2, 0.25) is 0 Å². The number of nitrogens with two attached hydrogens (primary N) is 2. The predicted octanol–water partition coefficient (Wildman–Crippen LogP) is 1.75. The molecule has 0 aromatic heterocycles. The number of hydrogen-bond acceptors (Lipinski definition) is 3. The van der Waals surface area contributed by atoms with Crippen molar-refractivity contribution in [1.82, 2.24) is 4.90 Å². The summed E-state index contributed by atoms with van der Waals surface area (Å²) < 4.78 is 0. The van der Waals surface area contributed by atoms with E-state index in [0.29, 0.717) is 6.04 Å². The van der Waals surface area contributed by atoms with Crippen molar-refractivity contribution in [3.05, 3.63) is 29.8 Å². The van der Waals surface area contributed by atoms with Crippen molar-refractivity contribution in [3.63, 3.8) is 0 Å². The molecule has 1 aromatic rings. The van der Waals surface area contributed by atoms with Gasteiger partial charge < -0.3 is 11.5 Å². The number of likely N-dealkylation sites (tertiary alicyclic amines) is 1. The van der Waals surface area contributed by atoms with Gasteiger partial charge >= 0.3 is 0 Å². The quantitative estimate of drug-likeness (QED) is 0.762. The van der Waals surface area contributed by atoms with Crippen molar-refractivity contribution in [2.45, 2.75) is 31.8 Å². The summed E-state index contributed by atoms with van der Waals surface area (Å²) in [6, 6.07) is 8.77. The van der Waals surface area contributed by atoms with Gasteiger partial charge in [-0.05, 0) is 37.1 Å². The first-order valence-corrected chi connectivity index (χ1v) is 6.07. The first kappa shape index (κ1) is 11.4. The lowest BCUT2D eigenvalue weighted by molar-refractivity contribution is 0.248. The van der Waals surface area contributed by atoms with E-state index >= 15 is 0 Å². The minimum atomic E-state index is 0.259. The van der Waals surface area contributed by atoms with Crippen LogP contribution in [-0.4, -0.2) is 24.0 Å². The van der Waals surface area contributed by atoms with Crippen molar-refractivity contribution in [2.75, 3.05) is 18.8 Å². The predicted molar refractivity (Wildman–Crippen MR) is 68.1 cm³/mol. The molecule has 1 aromatic carbocycles. The third kappa shape index (κ3) is 2.20. The van der Waals surface area contributed by atoms with Crippen LogP contribution >= 0.6 is 0 Å². The second-order valence-electron chi connectivity index (χ2n) is 4.60. The smallest absolute Gasteiger partial charge is 0.0499 e. The van der Waals surface area contributed by atoms with E-state index < -0.39 is 0 Å². The number of rotatable bonds is 3. The van der Waals surface area contributed by atoms with Crippen LogP contribution in [0.5, 0.6) is 0 Å². The maximum Gasteiger partial charge on any atom is 0.0499 e. The van der Waals surface area contributed by atoms with Gasteiger partial charge in [0.05, 0.1) is 0 Å². The normalized spacial score (nSPS) is 26.1. The van der Waals surface area contributed by atoms with Crippen molar-refractivity contribution in [2.24, 2.45) is 5.73 Å². The lowest BCUT2D eigenvalue weighted by Gasteiger charge is -2.26. The molecule has 16 heavy (non-hydrogen) atoms. The highest BCUT2D eigenvalue weighted by Crippen LogP contribution is 2.31. The third-order valence-electron chi connectivity index (χ3n) is 3.34. The summed E-state index contributed by atoms with van der Waals surface area (Å²) in [6.45, 7) is 4.46. The minimum Gasteiger partial charge on any atom is -0.399 e. The molecule has 0 bridgehead atoms. The average Bonchev–Trinajstić information content (AvgIpc) is 2.62. The Bertz CT molecular complexity index is 332. The van der Waals surface area contributed by atoms with Gasteiger partial charge in [0.15, 0.2) is 0 Å². The van der Waals surface area contributed by atoms with Crippen LogP contribution < -0.4 is 11.5 Å². The summed E-state index contributed by atoms with van der Waals surface area (Å²) in [5, 5.41) is 0. The molecule has 2 atom stereocenters. The second-order valence-corrected chi connectivity index (χ2v) is 4.60. The summed E-state index contributed by atoms with van der Waals surface area (Å²) in [5.41, 5.74) is 14.0. The summed E-state index contributed by atoms with van der Waals surface area (Å²) in [7, 11) is 0. The van der Waals surface area contributed by atoms with E-state index in [1.165, 1.54) is 12.0 Å². The monoisotopic (exact) mass is 219 g/mol. The van der Waals surface area contributed by atoms with Gasteiger partial charge in [-0.25, -0.2) is 0 Å². The number of benzene rings is 1. The Hall–Kier alpha value is -1.06. The van der Waals surface area contributed by atoms with Crippen molar-refractivity contribution < 1.29 is 0 Å². The molecule has 0 saturated carbocycles. The Balaban J connectivity index is 2.19. The third-order valence-corrected chi connectivity index (χ3v) is 3.34. The van der Waals surface area contributed by atoms with Gasteiger partial charge in [-0.2, -0.15) is 0 Å². The molecule has 1 saturated heterocycles. The zero-order valence-electron chi connectivity index (χ0n) is 9.89. The Kier molecular flexibility index (Phi) is 3.46. The lowest BCUT2D eigenvalue weighted by Crippen LogP contribution is -2.32. The molecule has 0 spiro atoms. The van der Waals surface area contributed by atoms with Gasteiger partial charge in [0, 0.05) is 24.3 Å². The van der Waals surface area contributed by atoms with Gasteiger partial charge in [0.25, 0.3) is 0 Å². The van der Waals surface area contributed by atoms with Crippen LogP contribution in [0.1, 0.15) is 31.4 Å². The van der Waals surface area contributed by atoms with Crippen molar-refractivity contribution in [1.29, 1.82) is 0 Å². The van der Waals surface area contributed by atoms with Gasteiger partial charge in [0.2, 0.25) is 0 Å². The van der Waals surface area contributed by atoms with Gasteiger partial charge in [0.1, 0.15) is 0 Å². The molecule has 0 amide bonds. The maximum atomic E-state index is 6.20. The highest BCUT2D eigenvalue weighted by atomic mass is 15.2. The molecule has 88 valence electrons. The Morgan fingerprint density at radius 2 is 2.00 bits per heavy atom. The molecule has 1 heterocycles. The van der Waals surface area contributed by atoms with Crippen molar-refractivity contribution in [3.8, 4) is 0 Å². The van der Waals surface area contributed by atoms with E-state index in [-0.39, 0.29) is 6.04 Å². The molecule has 4 N–H and O–H groups in total. The van der Waals surface area contributed by atoms with Crippen LogP contribution in [-0.2, 0) is 0 Å². The molecule has 1 aliphatic heterocycles. The van der Waals surface area contributed by atoms with E-state index in [4.69, 9.17) is 11.5 Å². The molecule has 2 rings (SSSR count).